The topological polar surface area (TPSA) is 64.0 Å². The summed E-state index contributed by atoms with van der Waals surface area (Å²) in [6, 6.07) is 7.09. The lowest BCUT2D eigenvalue weighted by atomic mass is 10.2. The second-order valence-corrected chi connectivity index (χ2v) is 7.87. The van der Waals surface area contributed by atoms with Crippen molar-refractivity contribution < 1.29 is 4.79 Å². The maximum absolute atomic E-state index is 13.0. The number of halogens is 1. The Morgan fingerprint density at radius 1 is 1.27 bits per heavy atom. The molecule has 3 aromatic rings. The van der Waals surface area contributed by atoms with E-state index >= 15 is 0 Å². The van der Waals surface area contributed by atoms with Crippen molar-refractivity contribution in [2.24, 2.45) is 0 Å². The van der Waals surface area contributed by atoms with Gasteiger partial charge in [0.2, 0.25) is 0 Å². The van der Waals surface area contributed by atoms with Gasteiger partial charge < -0.3 is 5.32 Å². The highest BCUT2D eigenvalue weighted by atomic mass is 35.5. The second-order valence-electron chi connectivity index (χ2n) is 6.47. The average molecular weight is 388 g/mol. The van der Waals surface area contributed by atoms with E-state index in [1.165, 1.54) is 11.3 Å². The monoisotopic (exact) mass is 387 g/mol. The molecule has 0 unspecified atom stereocenters. The SMILES string of the molecule is Cc1c(C(=O)Nc2ccccc2Cl)sc2nc3n(c(=O)c12)CCCCC3. The highest BCUT2D eigenvalue weighted by molar-refractivity contribution is 7.20. The van der Waals surface area contributed by atoms with Crippen molar-refractivity contribution in [1.29, 1.82) is 0 Å². The largest absolute Gasteiger partial charge is 0.320 e. The Hall–Kier alpha value is -2.18. The lowest BCUT2D eigenvalue weighted by Gasteiger charge is -2.08. The molecule has 1 N–H and O–H groups in total. The normalized spacial score (nSPS) is 14.1. The number of rotatable bonds is 2. The summed E-state index contributed by atoms with van der Waals surface area (Å²) in [7, 11) is 0. The summed E-state index contributed by atoms with van der Waals surface area (Å²) in [6.45, 7) is 2.51. The summed E-state index contributed by atoms with van der Waals surface area (Å²) in [6.07, 6.45) is 3.95. The molecule has 0 atom stereocenters. The fourth-order valence-electron chi connectivity index (χ4n) is 3.37. The van der Waals surface area contributed by atoms with Crippen LogP contribution in [-0.4, -0.2) is 15.5 Å². The number of aromatic nitrogens is 2. The lowest BCUT2D eigenvalue weighted by molar-refractivity contribution is 0.103. The van der Waals surface area contributed by atoms with Gasteiger partial charge in [-0.25, -0.2) is 4.98 Å². The van der Waals surface area contributed by atoms with Crippen LogP contribution >= 0.6 is 22.9 Å². The highest BCUT2D eigenvalue weighted by Crippen LogP contribution is 2.30. The van der Waals surface area contributed by atoms with Crippen molar-refractivity contribution in [1.82, 2.24) is 9.55 Å². The number of amides is 1. The maximum atomic E-state index is 13.0. The van der Waals surface area contributed by atoms with Gasteiger partial charge >= 0.3 is 0 Å². The summed E-state index contributed by atoms with van der Waals surface area (Å²) in [5, 5.41) is 3.87. The number of nitrogens with zero attached hydrogens (tertiary/aromatic N) is 2. The van der Waals surface area contributed by atoms with E-state index < -0.39 is 0 Å². The van der Waals surface area contributed by atoms with Crippen molar-refractivity contribution in [3.63, 3.8) is 0 Å². The molecule has 0 radical (unpaired) electrons. The van der Waals surface area contributed by atoms with Crippen LogP contribution in [0.25, 0.3) is 10.2 Å². The molecule has 1 aliphatic rings. The molecular formula is C19H18ClN3O2S. The number of carbonyl (C=O) groups excluding carboxylic acids is 1. The summed E-state index contributed by atoms with van der Waals surface area (Å²) >= 11 is 7.40. The Labute approximate surface area is 159 Å². The number of hydrogen-bond acceptors (Lipinski definition) is 4. The van der Waals surface area contributed by atoms with E-state index in [0.29, 0.717) is 37.9 Å². The molecule has 0 fully saturated rings. The molecule has 0 aliphatic carbocycles. The van der Waals surface area contributed by atoms with Gasteiger partial charge in [0.25, 0.3) is 11.5 Å². The summed E-state index contributed by atoms with van der Waals surface area (Å²) in [5.41, 5.74) is 1.21. The second kappa shape index (κ2) is 6.85. The first kappa shape index (κ1) is 17.2. The smallest absolute Gasteiger partial charge is 0.266 e. The van der Waals surface area contributed by atoms with Crippen LogP contribution in [0.5, 0.6) is 0 Å². The van der Waals surface area contributed by atoms with Crippen LogP contribution in [0.1, 0.15) is 40.3 Å². The zero-order chi connectivity index (χ0) is 18.3. The van der Waals surface area contributed by atoms with Crippen molar-refractivity contribution in [3.05, 3.63) is 55.9 Å². The van der Waals surface area contributed by atoms with E-state index in [4.69, 9.17) is 16.6 Å². The van der Waals surface area contributed by atoms with E-state index in [2.05, 4.69) is 5.32 Å². The third-order valence-electron chi connectivity index (χ3n) is 4.74. The number of nitrogens with one attached hydrogen (secondary N) is 1. The molecule has 3 heterocycles. The van der Waals surface area contributed by atoms with Gasteiger partial charge in [-0.05, 0) is 37.5 Å². The van der Waals surface area contributed by atoms with Crippen molar-refractivity contribution >= 4 is 44.7 Å². The number of fused-ring (bicyclic) bond motifs is 2. The van der Waals surface area contributed by atoms with E-state index in [1.54, 1.807) is 22.8 Å². The Balaban J connectivity index is 1.78. The molecule has 1 aliphatic heterocycles. The minimum absolute atomic E-state index is 0.0301. The Bertz CT molecular complexity index is 1070. The molecule has 0 saturated carbocycles. The molecule has 0 saturated heterocycles. The molecule has 4 rings (SSSR count). The van der Waals surface area contributed by atoms with Crippen LogP contribution in [0.3, 0.4) is 0 Å². The molecule has 26 heavy (non-hydrogen) atoms. The van der Waals surface area contributed by atoms with E-state index in [9.17, 15) is 9.59 Å². The zero-order valence-electron chi connectivity index (χ0n) is 14.3. The standard InChI is InChI=1S/C19H18ClN3O2S/c1-11-15-18(22-14-9-3-2-6-10-23(14)19(15)25)26-16(11)17(24)21-13-8-5-4-7-12(13)20/h4-5,7-8H,2-3,6,9-10H2,1H3,(H,21,24). The number of aryl methyl sites for hydroxylation is 2. The van der Waals surface area contributed by atoms with Crippen LogP contribution in [0.15, 0.2) is 29.1 Å². The van der Waals surface area contributed by atoms with Crippen LogP contribution in [0, 0.1) is 6.92 Å². The Kier molecular flexibility index (Phi) is 4.54. The van der Waals surface area contributed by atoms with Gasteiger partial charge in [-0.15, -0.1) is 11.3 Å². The molecule has 134 valence electrons. The highest BCUT2D eigenvalue weighted by Gasteiger charge is 2.22. The van der Waals surface area contributed by atoms with Crippen molar-refractivity contribution in [2.45, 2.75) is 39.2 Å². The number of anilines is 1. The summed E-state index contributed by atoms with van der Waals surface area (Å²) in [4.78, 5) is 31.6. The molecular weight excluding hydrogens is 370 g/mol. The van der Waals surface area contributed by atoms with Gasteiger partial charge in [-0.3, -0.25) is 14.2 Å². The zero-order valence-corrected chi connectivity index (χ0v) is 15.9. The fourth-order valence-corrected chi connectivity index (χ4v) is 4.64. The third kappa shape index (κ3) is 2.93. The molecule has 2 aromatic heterocycles. The van der Waals surface area contributed by atoms with Gasteiger partial charge in [-0.1, -0.05) is 30.2 Å². The Morgan fingerprint density at radius 2 is 2.08 bits per heavy atom. The molecule has 7 heteroatoms. The van der Waals surface area contributed by atoms with E-state index in [-0.39, 0.29) is 11.5 Å². The van der Waals surface area contributed by atoms with Crippen molar-refractivity contribution in [3.8, 4) is 0 Å². The lowest BCUT2D eigenvalue weighted by Crippen LogP contribution is -2.24. The van der Waals surface area contributed by atoms with Gasteiger partial charge in [-0.2, -0.15) is 0 Å². The Morgan fingerprint density at radius 3 is 2.88 bits per heavy atom. The molecule has 5 nitrogen and oxygen atoms in total. The van der Waals surface area contributed by atoms with Gasteiger partial charge in [0, 0.05) is 13.0 Å². The quantitative estimate of drug-likeness (QED) is 0.708. The fraction of sp³-hybridized carbons (Fsp3) is 0.316. The number of hydrogen-bond donors (Lipinski definition) is 1. The molecule has 1 aromatic carbocycles. The predicted molar refractivity (Wildman–Crippen MR) is 106 cm³/mol. The maximum Gasteiger partial charge on any atom is 0.266 e. The number of para-hydroxylation sites is 1. The van der Waals surface area contributed by atoms with Crippen LogP contribution in [0.4, 0.5) is 5.69 Å². The first-order valence-corrected chi connectivity index (χ1v) is 9.84. The third-order valence-corrected chi connectivity index (χ3v) is 6.25. The first-order valence-electron chi connectivity index (χ1n) is 8.65. The average Bonchev–Trinajstić information content (AvgIpc) is 2.80. The van der Waals surface area contributed by atoms with Gasteiger partial charge in [0.1, 0.15) is 10.7 Å². The molecule has 0 spiro atoms. The number of benzene rings is 1. The molecule has 0 bridgehead atoms. The minimum atomic E-state index is -0.266. The van der Waals surface area contributed by atoms with Crippen LogP contribution < -0.4 is 10.9 Å². The first-order chi connectivity index (χ1) is 12.6. The van der Waals surface area contributed by atoms with Gasteiger partial charge in [0.05, 0.1) is 21.0 Å². The summed E-state index contributed by atoms with van der Waals surface area (Å²) < 4.78 is 1.78. The van der Waals surface area contributed by atoms with Crippen LogP contribution in [-0.2, 0) is 13.0 Å². The minimum Gasteiger partial charge on any atom is -0.320 e. The number of thiophene rings is 1. The van der Waals surface area contributed by atoms with Crippen molar-refractivity contribution in [2.75, 3.05) is 5.32 Å². The predicted octanol–water partition coefficient (Wildman–Crippen LogP) is 4.40. The van der Waals surface area contributed by atoms with E-state index in [0.717, 1.165) is 31.5 Å². The van der Waals surface area contributed by atoms with Gasteiger partial charge in [0.15, 0.2) is 0 Å². The number of carbonyl (C=O) groups is 1. The molecule has 1 amide bonds. The van der Waals surface area contributed by atoms with Crippen LogP contribution in [0.2, 0.25) is 5.02 Å². The van der Waals surface area contributed by atoms with E-state index in [1.807, 2.05) is 13.0 Å². The summed E-state index contributed by atoms with van der Waals surface area (Å²) in [5.74, 6) is 0.567.